The number of rotatable bonds is 3. The second-order valence-electron chi connectivity index (χ2n) is 7.06. The third-order valence-corrected chi connectivity index (χ3v) is 4.50. The summed E-state index contributed by atoms with van der Waals surface area (Å²) in [5.41, 5.74) is -0.520. The molecule has 0 radical (unpaired) electrons. The number of carbonyl (C=O) groups excluding carboxylic acids is 2. The fourth-order valence-corrected chi connectivity index (χ4v) is 3.65. The summed E-state index contributed by atoms with van der Waals surface area (Å²) < 4.78 is 5.35. The first-order chi connectivity index (χ1) is 8.81. The quantitative estimate of drug-likeness (QED) is 0.739. The van der Waals surface area contributed by atoms with Crippen LogP contribution < -0.4 is 0 Å². The third kappa shape index (κ3) is 3.10. The zero-order valence-corrected chi connectivity index (χ0v) is 12.4. The van der Waals surface area contributed by atoms with Gasteiger partial charge in [0.25, 0.3) is 0 Å². The molecule has 0 heterocycles. The molecule has 2 bridgehead atoms. The lowest BCUT2D eigenvalue weighted by Crippen LogP contribution is -2.46. The maximum absolute atomic E-state index is 12.1. The van der Waals surface area contributed by atoms with Gasteiger partial charge in [0.1, 0.15) is 11.9 Å². The average molecular weight is 267 g/mol. The topological polar surface area (TPSA) is 46.6 Å². The zero-order valence-electron chi connectivity index (χ0n) is 12.4. The highest BCUT2D eigenvalue weighted by Crippen LogP contribution is 2.50. The number of hydrogen-bond donors (Lipinski definition) is 0. The molecule has 1 amide bonds. The van der Waals surface area contributed by atoms with Gasteiger partial charge in [0.05, 0.1) is 6.04 Å². The van der Waals surface area contributed by atoms with Crippen LogP contribution in [0.15, 0.2) is 0 Å². The van der Waals surface area contributed by atoms with Gasteiger partial charge in [0, 0.05) is 7.05 Å². The maximum atomic E-state index is 12.1. The Hall–Kier alpha value is -1.06. The van der Waals surface area contributed by atoms with Crippen molar-refractivity contribution in [1.82, 2.24) is 4.90 Å². The Bertz CT molecular complexity index is 361. The Morgan fingerprint density at radius 3 is 2.42 bits per heavy atom. The molecule has 2 aliphatic rings. The third-order valence-electron chi connectivity index (χ3n) is 4.50. The van der Waals surface area contributed by atoms with Gasteiger partial charge in [-0.1, -0.05) is 6.42 Å². The predicted molar refractivity (Wildman–Crippen MR) is 72.8 cm³/mol. The second kappa shape index (κ2) is 5.14. The normalized spacial score (nSPS) is 31.1. The summed E-state index contributed by atoms with van der Waals surface area (Å²) >= 11 is 0. The van der Waals surface area contributed by atoms with Crippen molar-refractivity contribution in [3.05, 3.63) is 0 Å². The smallest absolute Gasteiger partial charge is 0.410 e. The van der Waals surface area contributed by atoms with Crippen LogP contribution in [0.4, 0.5) is 4.79 Å². The molecular weight excluding hydrogens is 242 g/mol. The van der Waals surface area contributed by atoms with Crippen LogP contribution in [0.5, 0.6) is 0 Å². The van der Waals surface area contributed by atoms with Gasteiger partial charge in [-0.15, -0.1) is 0 Å². The van der Waals surface area contributed by atoms with Gasteiger partial charge in [0.2, 0.25) is 0 Å². The minimum absolute atomic E-state index is 0.328. The Kier molecular flexibility index (Phi) is 3.88. The van der Waals surface area contributed by atoms with Crippen molar-refractivity contribution in [3.63, 3.8) is 0 Å². The van der Waals surface area contributed by atoms with Gasteiger partial charge in [-0.05, 0) is 57.8 Å². The predicted octanol–water partition coefficient (Wildman–Crippen LogP) is 2.86. The van der Waals surface area contributed by atoms with Gasteiger partial charge in [-0.2, -0.15) is 0 Å². The van der Waals surface area contributed by atoms with Crippen molar-refractivity contribution in [2.24, 2.45) is 17.8 Å². The summed E-state index contributed by atoms with van der Waals surface area (Å²) in [6.45, 7) is 5.52. The van der Waals surface area contributed by atoms with Crippen molar-refractivity contribution in [3.8, 4) is 0 Å². The lowest BCUT2D eigenvalue weighted by molar-refractivity contribution is -0.114. The van der Waals surface area contributed by atoms with Crippen LogP contribution in [-0.4, -0.2) is 36.0 Å². The van der Waals surface area contributed by atoms with E-state index >= 15 is 0 Å². The summed E-state index contributed by atoms with van der Waals surface area (Å²) in [5, 5.41) is 0. The van der Waals surface area contributed by atoms with Crippen LogP contribution in [0, 0.1) is 17.8 Å². The summed E-state index contributed by atoms with van der Waals surface area (Å²) in [6.07, 6.45) is 5.35. The van der Waals surface area contributed by atoms with E-state index in [1.54, 1.807) is 7.05 Å². The number of likely N-dealkylation sites (N-methyl/N-ethyl adjacent to an activating group) is 1. The number of nitrogens with zero attached hydrogens (tertiary/aromatic N) is 1. The van der Waals surface area contributed by atoms with E-state index in [1.807, 2.05) is 20.8 Å². The van der Waals surface area contributed by atoms with E-state index in [9.17, 15) is 9.59 Å². The van der Waals surface area contributed by atoms with Crippen LogP contribution >= 0.6 is 0 Å². The van der Waals surface area contributed by atoms with E-state index in [4.69, 9.17) is 4.74 Å². The summed E-state index contributed by atoms with van der Waals surface area (Å²) in [4.78, 5) is 25.0. The lowest BCUT2D eigenvalue weighted by Gasteiger charge is -2.34. The highest BCUT2D eigenvalue weighted by Gasteiger charge is 2.45. The molecule has 0 aromatic carbocycles. The number of hydrogen-bond acceptors (Lipinski definition) is 3. The van der Waals surface area contributed by atoms with Crippen molar-refractivity contribution in [1.29, 1.82) is 0 Å². The number of aldehydes is 1. The largest absolute Gasteiger partial charge is 0.444 e. The SMILES string of the molecule is CN(C(=O)OC(C)(C)C)C(C=O)C1CC2CCC1C2. The summed E-state index contributed by atoms with van der Waals surface area (Å²) in [6, 6.07) is -0.329. The highest BCUT2D eigenvalue weighted by molar-refractivity contribution is 5.73. The van der Waals surface area contributed by atoms with E-state index in [2.05, 4.69) is 0 Å². The minimum Gasteiger partial charge on any atom is -0.444 e. The van der Waals surface area contributed by atoms with Gasteiger partial charge >= 0.3 is 6.09 Å². The second-order valence-corrected chi connectivity index (χ2v) is 7.06. The first-order valence-corrected chi connectivity index (χ1v) is 7.23. The fourth-order valence-electron chi connectivity index (χ4n) is 3.65. The molecule has 0 spiro atoms. The fraction of sp³-hybridized carbons (Fsp3) is 0.867. The maximum Gasteiger partial charge on any atom is 0.410 e. The van der Waals surface area contributed by atoms with Crippen LogP contribution in [-0.2, 0) is 9.53 Å². The molecule has 0 aliphatic heterocycles. The van der Waals surface area contributed by atoms with Gasteiger partial charge in [-0.3, -0.25) is 0 Å². The Labute approximate surface area is 115 Å². The zero-order chi connectivity index (χ0) is 14.2. The van der Waals surface area contributed by atoms with Crippen molar-refractivity contribution in [2.45, 2.75) is 58.1 Å². The molecule has 2 aliphatic carbocycles. The number of ether oxygens (including phenoxy) is 1. The molecule has 108 valence electrons. The molecule has 4 heteroatoms. The molecule has 4 atom stereocenters. The minimum atomic E-state index is -0.520. The van der Waals surface area contributed by atoms with Crippen LogP contribution in [0.2, 0.25) is 0 Å². The molecule has 0 aromatic rings. The van der Waals surface area contributed by atoms with E-state index in [0.717, 1.165) is 18.6 Å². The average Bonchev–Trinajstić information content (AvgIpc) is 2.89. The Morgan fingerprint density at radius 2 is 2.00 bits per heavy atom. The van der Waals surface area contributed by atoms with Crippen LogP contribution in [0.25, 0.3) is 0 Å². The standard InChI is InChI=1S/C15H25NO3/c1-15(2,3)19-14(18)16(4)13(9-17)12-8-10-5-6-11(12)7-10/h9-13H,5-8H2,1-4H3. The van der Waals surface area contributed by atoms with Crippen molar-refractivity contribution < 1.29 is 14.3 Å². The van der Waals surface area contributed by atoms with Gasteiger partial charge in [0.15, 0.2) is 0 Å². The Balaban J connectivity index is 2.01. The summed E-state index contributed by atoms with van der Waals surface area (Å²) in [7, 11) is 1.68. The molecular formula is C15H25NO3. The first kappa shape index (κ1) is 14.4. The molecule has 2 fully saturated rings. The van der Waals surface area contributed by atoms with Crippen molar-refractivity contribution >= 4 is 12.4 Å². The lowest BCUT2D eigenvalue weighted by atomic mass is 9.83. The summed E-state index contributed by atoms with van der Waals surface area (Å²) in [5.74, 6) is 1.71. The monoisotopic (exact) mass is 267 g/mol. The molecule has 0 saturated heterocycles. The van der Waals surface area contributed by atoms with Crippen LogP contribution in [0.3, 0.4) is 0 Å². The van der Waals surface area contributed by atoms with Crippen LogP contribution in [0.1, 0.15) is 46.5 Å². The van der Waals surface area contributed by atoms with E-state index in [0.29, 0.717) is 11.8 Å². The number of carbonyl (C=O) groups is 2. The molecule has 4 nitrogen and oxygen atoms in total. The highest BCUT2D eigenvalue weighted by atomic mass is 16.6. The van der Waals surface area contributed by atoms with E-state index in [1.165, 1.54) is 24.2 Å². The first-order valence-electron chi connectivity index (χ1n) is 7.23. The molecule has 2 saturated carbocycles. The number of amides is 1. The molecule has 4 unspecified atom stereocenters. The Morgan fingerprint density at radius 1 is 1.32 bits per heavy atom. The molecule has 2 rings (SSSR count). The van der Waals surface area contributed by atoms with E-state index < -0.39 is 11.7 Å². The van der Waals surface area contributed by atoms with E-state index in [-0.39, 0.29) is 6.04 Å². The van der Waals surface area contributed by atoms with Gasteiger partial charge in [-0.25, -0.2) is 4.79 Å². The number of fused-ring (bicyclic) bond motifs is 2. The molecule has 0 aromatic heterocycles. The molecule has 19 heavy (non-hydrogen) atoms. The van der Waals surface area contributed by atoms with Gasteiger partial charge < -0.3 is 14.4 Å². The molecule has 0 N–H and O–H groups in total. The van der Waals surface area contributed by atoms with Crippen molar-refractivity contribution in [2.75, 3.05) is 7.05 Å².